The molecule has 1 aromatic carbocycles. The van der Waals surface area contributed by atoms with Crippen molar-refractivity contribution in [2.75, 3.05) is 50.7 Å². The summed E-state index contributed by atoms with van der Waals surface area (Å²) in [5, 5.41) is 3.52. The maximum atomic E-state index is 14.3. The van der Waals surface area contributed by atoms with E-state index < -0.39 is 11.6 Å². The van der Waals surface area contributed by atoms with Gasteiger partial charge in [0.15, 0.2) is 0 Å². The highest BCUT2D eigenvalue weighted by Crippen LogP contribution is 2.40. The predicted molar refractivity (Wildman–Crippen MR) is 144 cm³/mol. The highest BCUT2D eigenvalue weighted by Gasteiger charge is 2.40. The second kappa shape index (κ2) is 11.2. The Morgan fingerprint density at radius 1 is 1.24 bits per heavy atom. The number of halogens is 2. The van der Waals surface area contributed by atoms with Crippen molar-refractivity contribution in [1.82, 2.24) is 20.1 Å². The molecule has 3 aliphatic rings. The number of hydrogen-bond acceptors (Lipinski definition) is 6. The molecule has 2 aromatic rings. The van der Waals surface area contributed by atoms with Crippen LogP contribution in [0.5, 0.6) is 0 Å². The van der Waals surface area contributed by atoms with Crippen LogP contribution in [0.25, 0.3) is 0 Å². The number of nitrogens with zero attached hydrogens (tertiary/aromatic N) is 4. The molecule has 2 fully saturated rings. The summed E-state index contributed by atoms with van der Waals surface area (Å²) in [6.07, 6.45) is 2.61. The summed E-state index contributed by atoms with van der Waals surface area (Å²) in [6.45, 7) is 10.7. The average Bonchev–Trinajstić information content (AvgIpc) is 3.37. The summed E-state index contributed by atoms with van der Waals surface area (Å²) in [5.74, 6) is -0.915. The molecule has 9 heteroatoms. The van der Waals surface area contributed by atoms with E-state index in [9.17, 15) is 18.4 Å². The molecule has 2 saturated heterocycles. The normalized spacial score (nSPS) is 23.4. The fraction of sp³-hybridized carbons (Fsp3) is 0.552. The van der Waals surface area contributed by atoms with Crippen LogP contribution in [0.1, 0.15) is 51.4 Å². The number of carbonyl (C=O) groups is 2. The van der Waals surface area contributed by atoms with Crippen molar-refractivity contribution in [3.8, 4) is 0 Å². The molecule has 206 valence electrons. The van der Waals surface area contributed by atoms with Gasteiger partial charge in [0.1, 0.15) is 17.4 Å². The number of hydrogen-bond donors (Lipinski definition) is 1. The van der Waals surface area contributed by atoms with Gasteiger partial charge in [-0.2, -0.15) is 0 Å². The molecule has 3 aliphatic heterocycles. The fourth-order valence-electron chi connectivity index (χ4n) is 5.78. The minimum atomic E-state index is -0.612. The van der Waals surface area contributed by atoms with Crippen molar-refractivity contribution in [3.05, 3.63) is 58.9 Å². The summed E-state index contributed by atoms with van der Waals surface area (Å²) < 4.78 is 27.6. The van der Waals surface area contributed by atoms with Crippen LogP contribution in [-0.2, 0) is 21.4 Å². The number of pyridine rings is 1. The Kier molecular flexibility index (Phi) is 8.30. The van der Waals surface area contributed by atoms with Crippen LogP contribution >= 0.6 is 0 Å². The zero-order valence-corrected chi connectivity index (χ0v) is 21.8. The second-order valence-electron chi connectivity index (χ2n) is 11.4. The summed E-state index contributed by atoms with van der Waals surface area (Å²) >= 11 is 0. The first-order chi connectivity index (χ1) is 17.6. The van der Waals surface area contributed by atoms with E-state index in [0.29, 0.717) is 30.8 Å². The van der Waals surface area contributed by atoms with Crippen LogP contribution in [0.3, 0.4) is 0 Å². The topological polar surface area (TPSA) is 68.8 Å². The molecule has 7 nitrogen and oxygen atoms in total. The second-order valence-corrected chi connectivity index (χ2v) is 11.4. The zero-order chi connectivity index (χ0) is 26.3. The minimum Gasteiger partial charge on any atom is -0.311 e. The number of benzene rings is 1. The van der Waals surface area contributed by atoms with Gasteiger partial charge in [0.25, 0.3) is 0 Å². The van der Waals surface area contributed by atoms with Crippen molar-refractivity contribution >= 4 is 17.4 Å². The number of aromatic nitrogens is 1. The van der Waals surface area contributed by atoms with Gasteiger partial charge in [0.2, 0.25) is 5.91 Å². The van der Waals surface area contributed by atoms with Crippen molar-refractivity contribution in [3.63, 3.8) is 0 Å². The van der Waals surface area contributed by atoms with Crippen LogP contribution in [-0.4, -0.2) is 84.4 Å². The van der Waals surface area contributed by atoms with Crippen LogP contribution < -0.4 is 10.2 Å². The Morgan fingerprint density at radius 2 is 2.03 bits per heavy atom. The Balaban J connectivity index is 0.00000336. The molecule has 4 heterocycles. The molecule has 1 N–H and O–H groups in total. The maximum Gasteiger partial charge on any atom is 0.241 e. The zero-order valence-electron chi connectivity index (χ0n) is 21.8. The van der Waals surface area contributed by atoms with E-state index in [0.717, 1.165) is 43.5 Å². The molecule has 0 aliphatic carbocycles. The van der Waals surface area contributed by atoms with Gasteiger partial charge in [-0.3, -0.25) is 24.4 Å². The number of amides is 1. The van der Waals surface area contributed by atoms with E-state index in [2.05, 4.69) is 40.9 Å². The standard InChI is InChI=1S/C28H35F2N5O2.CH4/c1-18-13-34(22(11-31-18)14-33-7-6-23(36)15-33)16-27(37)35-17-28(2,3)24-12-32-21(10-26(24)35)8-19-4-5-20(29)9-25(19)30;/h4-5,9-10,12,18,22,31H,6-8,11,13-17H2,1-3H3;1H4/t18-,22-;/m1./s1. The van der Waals surface area contributed by atoms with Gasteiger partial charge >= 0.3 is 0 Å². The number of fused-ring (bicyclic) bond motifs is 1. The van der Waals surface area contributed by atoms with E-state index in [1.54, 1.807) is 6.20 Å². The quantitative estimate of drug-likeness (QED) is 0.623. The number of Topliss-reactive ketones (excluding diaryl/α,β-unsaturated/α-hetero) is 1. The summed E-state index contributed by atoms with van der Waals surface area (Å²) in [5.41, 5.74) is 2.54. The Labute approximate surface area is 224 Å². The molecule has 1 aromatic heterocycles. The van der Waals surface area contributed by atoms with Gasteiger partial charge in [0, 0.05) is 86.6 Å². The number of rotatable bonds is 6. The number of piperazine rings is 1. The number of carbonyl (C=O) groups excluding carboxylic acids is 2. The smallest absolute Gasteiger partial charge is 0.241 e. The summed E-state index contributed by atoms with van der Waals surface area (Å²) in [6, 6.07) is 5.85. The fourth-order valence-corrected chi connectivity index (χ4v) is 5.78. The third-order valence-electron chi connectivity index (χ3n) is 7.84. The monoisotopic (exact) mass is 527 g/mol. The van der Waals surface area contributed by atoms with Gasteiger partial charge in [-0.15, -0.1) is 0 Å². The minimum absolute atomic E-state index is 0. The number of anilines is 1. The lowest BCUT2D eigenvalue weighted by Gasteiger charge is -2.41. The molecular formula is C29H39F2N5O2. The van der Waals surface area contributed by atoms with Crippen molar-refractivity contribution in [2.45, 2.75) is 58.5 Å². The molecule has 0 spiro atoms. The van der Waals surface area contributed by atoms with Crippen LogP contribution in [0.15, 0.2) is 30.5 Å². The first-order valence-electron chi connectivity index (χ1n) is 13.0. The first kappa shape index (κ1) is 28.3. The van der Waals surface area contributed by atoms with E-state index >= 15 is 0 Å². The number of likely N-dealkylation sites (tertiary alicyclic amines) is 1. The lowest BCUT2D eigenvalue weighted by atomic mass is 9.88. The molecule has 0 unspecified atom stereocenters. The van der Waals surface area contributed by atoms with Crippen molar-refractivity contribution in [1.29, 1.82) is 0 Å². The molecule has 0 bridgehead atoms. The lowest BCUT2D eigenvalue weighted by Crippen LogP contribution is -2.60. The molecule has 2 atom stereocenters. The number of ketones is 1. The Hall–Kier alpha value is -2.75. The Bertz CT molecular complexity index is 1200. The molecule has 0 radical (unpaired) electrons. The van der Waals surface area contributed by atoms with Crippen LogP contribution in [0, 0.1) is 11.6 Å². The SMILES string of the molecule is C.C[C@@H]1CN(CC(=O)N2CC(C)(C)c3cnc(Cc4ccc(F)cc4F)cc32)[C@@H](CN2CCC(=O)C2)CN1. The van der Waals surface area contributed by atoms with E-state index in [-0.39, 0.29) is 49.6 Å². The molecule has 38 heavy (non-hydrogen) atoms. The molecule has 5 rings (SSSR count). The predicted octanol–water partition coefficient (Wildman–Crippen LogP) is 3.15. The maximum absolute atomic E-state index is 14.3. The van der Waals surface area contributed by atoms with Crippen molar-refractivity contribution < 1.29 is 18.4 Å². The summed E-state index contributed by atoms with van der Waals surface area (Å²) in [4.78, 5) is 36.3. The largest absolute Gasteiger partial charge is 0.311 e. The highest BCUT2D eigenvalue weighted by atomic mass is 19.1. The van der Waals surface area contributed by atoms with Gasteiger partial charge < -0.3 is 10.2 Å². The van der Waals surface area contributed by atoms with E-state index in [1.165, 1.54) is 12.1 Å². The molecular weight excluding hydrogens is 488 g/mol. The van der Waals surface area contributed by atoms with E-state index in [1.807, 2.05) is 11.0 Å². The van der Waals surface area contributed by atoms with E-state index in [4.69, 9.17) is 0 Å². The number of nitrogens with one attached hydrogen (secondary N) is 1. The third kappa shape index (κ3) is 5.95. The molecule has 1 amide bonds. The Morgan fingerprint density at radius 3 is 2.74 bits per heavy atom. The lowest BCUT2D eigenvalue weighted by molar-refractivity contribution is -0.121. The first-order valence-corrected chi connectivity index (χ1v) is 13.0. The average molecular weight is 528 g/mol. The molecule has 0 saturated carbocycles. The van der Waals surface area contributed by atoms with Gasteiger partial charge in [-0.25, -0.2) is 8.78 Å². The summed E-state index contributed by atoms with van der Waals surface area (Å²) in [7, 11) is 0. The van der Waals surface area contributed by atoms with Gasteiger partial charge in [-0.05, 0) is 24.6 Å². The van der Waals surface area contributed by atoms with Crippen LogP contribution in [0.4, 0.5) is 14.5 Å². The van der Waals surface area contributed by atoms with Crippen LogP contribution in [0.2, 0.25) is 0 Å². The third-order valence-corrected chi connectivity index (χ3v) is 7.84. The van der Waals surface area contributed by atoms with Crippen molar-refractivity contribution in [2.24, 2.45) is 0 Å². The van der Waals surface area contributed by atoms with Gasteiger partial charge in [0.05, 0.1) is 18.8 Å². The highest BCUT2D eigenvalue weighted by molar-refractivity contribution is 5.97. The van der Waals surface area contributed by atoms with Gasteiger partial charge in [-0.1, -0.05) is 27.3 Å².